The molecule has 0 saturated carbocycles. The fraction of sp³-hybridized carbons (Fsp3) is 0.357. The lowest BCUT2D eigenvalue weighted by Crippen LogP contribution is -2.20. The Morgan fingerprint density at radius 2 is 2.00 bits per heavy atom. The normalized spacial score (nSPS) is 14.5. The van der Waals surface area contributed by atoms with Crippen molar-refractivity contribution in [2.45, 2.75) is 19.0 Å². The molecule has 0 unspecified atom stereocenters. The van der Waals surface area contributed by atoms with Gasteiger partial charge >= 0.3 is 6.18 Å². The molecule has 1 aromatic carbocycles. The van der Waals surface area contributed by atoms with Crippen molar-refractivity contribution in [3.05, 3.63) is 39.7 Å². The molecule has 1 aliphatic heterocycles. The molecule has 1 aliphatic rings. The zero-order valence-electron chi connectivity index (χ0n) is 13.2. The highest BCUT2D eigenvalue weighted by atomic mass is 19.4. The summed E-state index contributed by atoms with van der Waals surface area (Å²) in [5.41, 5.74) is 0.0739. The van der Waals surface area contributed by atoms with Gasteiger partial charge in [0.15, 0.2) is 0 Å². The number of nitro groups is 1. The van der Waals surface area contributed by atoms with Gasteiger partial charge in [-0.15, -0.1) is 5.10 Å². The van der Waals surface area contributed by atoms with Crippen LogP contribution in [0.3, 0.4) is 0 Å². The number of carbonyl (C=O) groups excluding carboxylic acids is 1. The number of anilines is 2. The predicted octanol–water partition coefficient (Wildman–Crippen LogP) is 2.58. The molecule has 0 bridgehead atoms. The highest BCUT2D eigenvalue weighted by molar-refractivity contribution is 6.04. The van der Waals surface area contributed by atoms with E-state index in [-0.39, 0.29) is 11.3 Å². The number of H-pyrrole nitrogens is 1. The number of amides is 1. The fourth-order valence-electron chi connectivity index (χ4n) is 2.65. The van der Waals surface area contributed by atoms with Crippen molar-refractivity contribution < 1.29 is 22.9 Å². The second-order valence-corrected chi connectivity index (χ2v) is 5.61. The monoisotopic (exact) mass is 370 g/mol. The van der Waals surface area contributed by atoms with Gasteiger partial charge in [0.2, 0.25) is 11.8 Å². The van der Waals surface area contributed by atoms with Gasteiger partial charge in [-0.1, -0.05) is 0 Å². The molecule has 12 heteroatoms. The summed E-state index contributed by atoms with van der Waals surface area (Å²) in [4.78, 5) is 27.8. The van der Waals surface area contributed by atoms with Crippen molar-refractivity contribution in [1.29, 1.82) is 0 Å². The van der Waals surface area contributed by atoms with Crippen molar-refractivity contribution in [3.63, 3.8) is 0 Å². The average Bonchev–Trinajstić information content (AvgIpc) is 3.25. The summed E-state index contributed by atoms with van der Waals surface area (Å²) in [6.45, 7) is 1.37. The number of aromatic amines is 1. The zero-order chi connectivity index (χ0) is 18.9. The van der Waals surface area contributed by atoms with Crippen molar-refractivity contribution in [2.75, 3.05) is 23.3 Å². The van der Waals surface area contributed by atoms with E-state index in [1.54, 1.807) is 5.10 Å². The molecule has 1 aromatic heterocycles. The number of aromatic nitrogens is 3. The van der Waals surface area contributed by atoms with Crippen molar-refractivity contribution in [1.82, 2.24) is 15.2 Å². The number of carbonyl (C=O) groups is 1. The Balaban J connectivity index is 1.82. The number of hydrogen-bond acceptors (Lipinski definition) is 6. The van der Waals surface area contributed by atoms with Crippen LogP contribution < -0.4 is 10.2 Å². The van der Waals surface area contributed by atoms with E-state index >= 15 is 0 Å². The third kappa shape index (κ3) is 3.58. The van der Waals surface area contributed by atoms with Crippen LogP contribution in [0.5, 0.6) is 0 Å². The van der Waals surface area contributed by atoms with Crippen molar-refractivity contribution in [2.24, 2.45) is 0 Å². The lowest BCUT2D eigenvalue weighted by molar-refractivity contribution is -0.384. The first-order chi connectivity index (χ1) is 12.3. The second kappa shape index (κ2) is 6.61. The lowest BCUT2D eigenvalue weighted by Gasteiger charge is -2.17. The molecule has 0 atom stereocenters. The number of halogens is 3. The maximum Gasteiger partial charge on any atom is 0.451 e. The number of hydrogen-bond donors (Lipinski definition) is 2. The number of rotatable bonds is 4. The topological polar surface area (TPSA) is 117 Å². The largest absolute Gasteiger partial charge is 0.451 e. The molecule has 0 radical (unpaired) electrons. The molecule has 1 fully saturated rings. The van der Waals surface area contributed by atoms with E-state index in [0.29, 0.717) is 18.8 Å². The second-order valence-electron chi connectivity index (χ2n) is 5.61. The Morgan fingerprint density at radius 1 is 1.31 bits per heavy atom. The first-order valence-corrected chi connectivity index (χ1v) is 7.60. The summed E-state index contributed by atoms with van der Waals surface area (Å²) in [6, 6.07) is 3.91. The van der Waals surface area contributed by atoms with Gasteiger partial charge in [0, 0.05) is 24.7 Å². The first kappa shape index (κ1) is 17.6. The van der Waals surface area contributed by atoms with Gasteiger partial charge < -0.3 is 4.90 Å². The zero-order valence-corrected chi connectivity index (χ0v) is 13.2. The Bertz CT molecular complexity index is 845. The Labute approximate surface area is 144 Å². The van der Waals surface area contributed by atoms with E-state index in [1.807, 2.05) is 4.90 Å². The van der Waals surface area contributed by atoms with E-state index in [2.05, 4.69) is 15.4 Å². The Morgan fingerprint density at radius 3 is 2.58 bits per heavy atom. The number of nitrogens with one attached hydrogen (secondary N) is 2. The minimum atomic E-state index is -4.73. The first-order valence-electron chi connectivity index (χ1n) is 7.60. The summed E-state index contributed by atoms with van der Waals surface area (Å²) < 4.78 is 37.4. The number of alkyl halides is 3. The van der Waals surface area contributed by atoms with E-state index in [9.17, 15) is 28.1 Å². The molecular weight excluding hydrogens is 357 g/mol. The molecule has 0 spiro atoms. The van der Waals surface area contributed by atoms with Gasteiger partial charge in [0.1, 0.15) is 5.69 Å². The lowest BCUT2D eigenvalue weighted by atomic mass is 10.1. The van der Waals surface area contributed by atoms with Crippen LogP contribution in [0.25, 0.3) is 0 Å². The van der Waals surface area contributed by atoms with E-state index in [1.165, 1.54) is 12.1 Å². The van der Waals surface area contributed by atoms with Crippen molar-refractivity contribution in [3.8, 4) is 0 Å². The van der Waals surface area contributed by atoms with Crippen LogP contribution in [0, 0.1) is 10.1 Å². The van der Waals surface area contributed by atoms with Crippen LogP contribution in [0.15, 0.2) is 18.2 Å². The van der Waals surface area contributed by atoms with E-state index < -0.39 is 28.8 Å². The fourth-order valence-corrected chi connectivity index (χ4v) is 2.65. The van der Waals surface area contributed by atoms with Gasteiger partial charge in [-0.05, 0) is 25.0 Å². The third-order valence-electron chi connectivity index (χ3n) is 3.86. The molecule has 0 aliphatic carbocycles. The standard InChI is InChI=1S/C14H13F3N6O3/c15-14(16,17)12-19-13(21-20-12)18-11(24)8-3-4-9(10(7-8)23(25)26)22-5-1-2-6-22/h3-4,7H,1-2,5-6H2,(H2,18,19,20,21,24). The molecule has 2 aromatic rings. The summed E-state index contributed by atoms with van der Waals surface area (Å²) in [5, 5.41) is 18.3. The summed E-state index contributed by atoms with van der Waals surface area (Å²) >= 11 is 0. The van der Waals surface area contributed by atoms with E-state index in [4.69, 9.17) is 0 Å². The molecule has 138 valence electrons. The van der Waals surface area contributed by atoms with Crippen molar-refractivity contribution >= 4 is 23.2 Å². The Hall–Kier alpha value is -3.18. The third-order valence-corrected chi connectivity index (χ3v) is 3.86. The molecule has 9 nitrogen and oxygen atoms in total. The molecular formula is C14H13F3N6O3. The maximum absolute atomic E-state index is 12.5. The van der Waals surface area contributed by atoms with Crippen LogP contribution in [0.4, 0.5) is 30.5 Å². The molecule has 26 heavy (non-hydrogen) atoms. The SMILES string of the molecule is O=C(Nc1n[nH]c(C(F)(F)F)n1)c1ccc(N2CCCC2)c([N+](=O)[O-])c1. The predicted molar refractivity (Wildman–Crippen MR) is 83.9 cm³/mol. The quantitative estimate of drug-likeness (QED) is 0.631. The molecule has 3 rings (SSSR count). The van der Waals surface area contributed by atoms with E-state index in [0.717, 1.165) is 18.9 Å². The van der Waals surface area contributed by atoms with Crippen LogP contribution in [-0.4, -0.2) is 39.1 Å². The summed E-state index contributed by atoms with van der Waals surface area (Å²) in [6.07, 6.45) is -2.89. The highest BCUT2D eigenvalue weighted by Crippen LogP contribution is 2.32. The van der Waals surface area contributed by atoms with Gasteiger partial charge in [-0.25, -0.2) is 0 Å². The van der Waals surface area contributed by atoms with Gasteiger partial charge in [0.25, 0.3) is 11.6 Å². The van der Waals surface area contributed by atoms with Gasteiger partial charge in [-0.3, -0.25) is 25.3 Å². The van der Waals surface area contributed by atoms with Gasteiger partial charge in [-0.2, -0.15) is 18.2 Å². The number of nitrogens with zero attached hydrogens (tertiary/aromatic N) is 4. The average molecular weight is 370 g/mol. The Kier molecular flexibility index (Phi) is 4.49. The molecule has 1 amide bonds. The molecule has 2 N–H and O–H groups in total. The minimum Gasteiger partial charge on any atom is -0.366 e. The number of nitro benzene ring substituents is 1. The van der Waals surface area contributed by atoms with Crippen LogP contribution in [0.1, 0.15) is 29.0 Å². The molecule has 2 heterocycles. The maximum atomic E-state index is 12.5. The summed E-state index contributed by atoms with van der Waals surface area (Å²) in [5.74, 6) is -2.79. The van der Waals surface area contributed by atoms with Gasteiger partial charge in [0.05, 0.1) is 4.92 Å². The van der Waals surface area contributed by atoms with Crippen LogP contribution >= 0.6 is 0 Å². The highest BCUT2D eigenvalue weighted by Gasteiger charge is 2.35. The van der Waals surface area contributed by atoms with Crippen LogP contribution in [0.2, 0.25) is 0 Å². The smallest absolute Gasteiger partial charge is 0.366 e. The summed E-state index contributed by atoms with van der Waals surface area (Å²) in [7, 11) is 0. The molecule has 1 saturated heterocycles. The number of benzene rings is 1. The van der Waals surface area contributed by atoms with Crippen LogP contribution in [-0.2, 0) is 6.18 Å². The minimum absolute atomic E-state index is 0.0852.